The molecule has 0 spiro atoms. The van der Waals surface area contributed by atoms with Crippen molar-refractivity contribution in [3.63, 3.8) is 0 Å². The third kappa shape index (κ3) is 2.55. The van der Waals surface area contributed by atoms with Crippen LogP contribution in [-0.4, -0.2) is 27.1 Å². The molecule has 2 N–H and O–H groups in total. The Bertz CT molecular complexity index is 857. The predicted molar refractivity (Wildman–Crippen MR) is 90.6 cm³/mol. The van der Waals surface area contributed by atoms with Gasteiger partial charge < -0.3 is 10.4 Å². The Hall–Kier alpha value is -2.47. The third-order valence-corrected chi connectivity index (χ3v) is 5.16. The highest BCUT2D eigenvalue weighted by atomic mass is 32.1. The second-order valence-corrected chi connectivity index (χ2v) is 6.68. The average molecular weight is 325 g/mol. The predicted octanol–water partition coefficient (Wildman–Crippen LogP) is 3.63. The van der Waals surface area contributed by atoms with Crippen LogP contribution in [0.4, 0.5) is 5.69 Å². The number of carboxylic acid groups (broad SMARTS) is 1. The van der Waals surface area contributed by atoms with Crippen LogP contribution in [0.5, 0.6) is 0 Å². The molecule has 2 heterocycles. The van der Waals surface area contributed by atoms with Gasteiger partial charge in [0, 0.05) is 41.0 Å². The van der Waals surface area contributed by atoms with E-state index < -0.39 is 5.97 Å². The number of benzene rings is 1. The molecular weight excluding hydrogens is 310 g/mol. The van der Waals surface area contributed by atoms with Crippen molar-refractivity contribution in [1.82, 2.24) is 9.97 Å². The summed E-state index contributed by atoms with van der Waals surface area (Å²) in [6, 6.07) is 6.33. The largest absolute Gasteiger partial charge is 0.481 e. The quantitative estimate of drug-likeness (QED) is 0.766. The van der Waals surface area contributed by atoms with Crippen LogP contribution in [0.1, 0.15) is 12.8 Å². The van der Waals surface area contributed by atoms with E-state index in [0.717, 1.165) is 26.9 Å². The number of anilines is 1. The second kappa shape index (κ2) is 5.62. The first-order chi connectivity index (χ1) is 11.2. The molecule has 1 aliphatic rings. The Morgan fingerprint density at radius 1 is 1.22 bits per heavy atom. The molecule has 1 saturated carbocycles. The van der Waals surface area contributed by atoms with E-state index in [1.54, 1.807) is 17.5 Å². The van der Waals surface area contributed by atoms with Crippen LogP contribution in [0.2, 0.25) is 0 Å². The van der Waals surface area contributed by atoms with Crippen LogP contribution in [-0.2, 0) is 4.79 Å². The molecule has 116 valence electrons. The first-order valence-corrected chi connectivity index (χ1v) is 8.35. The van der Waals surface area contributed by atoms with Gasteiger partial charge in [0.1, 0.15) is 0 Å². The van der Waals surface area contributed by atoms with Gasteiger partial charge in [-0.25, -0.2) is 0 Å². The van der Waals surface area contributed by atoms with Crippen molar-refractivity contribution < 1.29 is 9.90 Å². The number of carbonyl (C=O) groups is 1. The van der Waals surface area contributed by atoms with Gasteiger partial charge in [0.15, 0.2) is 0 Å². The number of fused-ring (bicyclic) bond motifs is 1. The number of rotatable bonds is 4. The minimum Gasteiger partial charge on any atom is -0.481 e. The molecule has 23 heavy (non-hydrogen) atoms. The lowest BCUT2D eigenvalue weighted by Crippen LogP contribution is -2.39. The number of nitrogens with zero attached hydrogens (tertiary/aromatic N) is 2. The summed E-state index contributed by atoms with van der Waals surface area (Å²) in [6.07, 6.45) is 6.82. The van der Waals surface area contributed by atoms with Gasteiger partial charge in [-0.2, -0.15) is 0 Å². The highest BCUT2D eigenvalue weighted by molar-refractivity contribution is 7.13. The van der Waals surface area contributed by atoms with E-state index in [1.165, 1.54) is 0 Å². The maximum atomic E-state index is 11.0. The summed E-state index contributed by atoms with van der Waals surface area (Å²) < 4.78 is 0. The summed E-state index contributed by atoms with van der Waals surface area (Å²) in [4.78, 5) is 20.4. The van der Waals surface area contributed by atoms with Gasteiger partial charge in [-0.1, -0.05) is 12.1 Å². The monoisotopic (exact) mass is 325 g/mol. The minimum atomic E-state index is -0.701. The number of hydrogen-bond donors (Lipinski definition) is 2. The lowest BCUT2D eigenvalue weighted by atomic mass is 9.80. The normalized spacial score (nSPS) is 20.2. The van der Waals surface area contributed by atoms with E-state index in [4.69, 9.17) is 5.11 Å². The van der Waals surface area contributed by atoms with Crippen molar-refractivity contribution in [2.45, 2.75) is 18.9 Å². The van der Waals surface area contributed by atoms with E-state index in [1.807, 2.05) is 24.0 Å². The Balaban J connectivity index is 1.73. The second-order valence-electron chi connectivity index (χ2n) is 5.80. The highest BCUT2D eigenvalue weighted by Crippen LogP contribution is 2.39. The molecule has 0 aliphatic heterocycles. The summed E-state index contributed by atoms with van der Waals surface area (Å²) >= 11 is 1.60. The SMILES string of the molecule is O=C(O)C1CC(Nc2c(-c3cncs3)ccc3cnccc23)C1. The summed E-state index contributed by atoms with van der Waals surface area (Å²) in [5.74, 6) is -0.927. The van der Waals surface area contributed by atoms with Crippen LogP contribution in [0.15, 0.2) is 42.3 Å². The molecule has 4 rings (SSSR count). The fourth-order valence-electron chi connectivity index (χ4n) is 3.02. The van der Waals surface area contributed by atoms with Crippen LogP contribution >= 0.6 is 11.3 Å². The smallest absolute Gasteiger partial charge is 0.306 e. The first kappa shape index (κ1) is 14.1. The standard InChI is InChI=1S/C17H15N3O2S/c21-17(22)11-5-12(6-11)20-16-13-3-4-18-7-10(13)1-2-14(16)15-8-19-9-23-15/h1-4,7-9,11-12,20H,5-6H2,(H,21,22). The van der Waals surface area contributed by atoms with Gasteiger partial charge in [-0.15, -0.1) is 11.3 Å². The molecule has 0 bridgehead atoms. The topological polar surface area (TPSA) is 75.1 Å². The minimum absolute atomic E-state index is 0.196. The van der Waals surface area contributed by atoms with Crippen LogP contribution < -0.4 is 5.32 Å². The first-order valence-electron chi connectivity index (χ1n) is 7.47. The summed E-state index contributed by atoms with van der Waals surface area (Å²) in [7, 11) is 0. The van der Waals surface area contributed by atoms with Crippen LogP contribution in [0, 0.1) is 5.92 Å². The number of aromatic nitrogens is 2. The maximum Gasteiger partial charge on any atom is 0.306 e. The van der Waals surface area contributed by atoms with E-state index in [9.17, 15) is 4.79 Å². The molecular formula is C17H15N3O2S. The van der Waals surface area contributed by atoms with Gasteiger partial charge in [0.05, 0.1) is 22.0 Å². The zero-order chi connectivity index (χ0) is 15.8. The van der Waals surface area contributed by atoms with Crippen LogP contribution in [0.3, 0.4) is 0 Å². The Morgan fingerprint density at radius 3 is 2.83 bits per heavy atom. The number of aliphatic carboxylic acids is 1. The van der Waals surface area contributed by atoms with Crippen molar-refractivity contribution in [2.24, 2.45) is 5.92 Å². The lowest BCUT2D eigenvalue weighted by Gasteiger charge is -2.34. The Morgan fingerprint density at radius 2 is 2.09 bits per heavy atom. The Labute approximate surface area is 137 Å². The number of pyridine rings is 1. The molecule has 5 nitrogen and oxygen atoms in total. The molecule has 1 fully saturated rings. The molecule has 1 aliphatic carbocycles. The molecule has 0 atom stereocenters. The fourth-order valence-corrected chi connectivity index (χ4v) is 3.67. The molecule has 6 heteroatoms. The average Bonchev–Trinajstić information content (AvgIpc) is 3.04. The summed E-state index contributed by atoms with van der Waals surface area (Å²) in [6.45, 7) is 0. The van der Waals surface area contributed by atoms with Crippen molar-refractivity contribution in [1.29, 1.82) is 0 Å². The van der Waals surface area contributed by atoms with E-state index in [2.05, 4.69) is 27.4 Å². The number of thiazole rings is 1. The third-order valence-electron chi connectivity index (χ3n) is 4.35. The fraction of sp³-hybridized carbons (Fsp3) is 0.235. The zero-order valence-electron chi connectivity index (χ0n) is 12.3. The lowest BCUT2D eigenvalue weighted by molar-refractivity contribution is -0.144. The van der Waals surface area contributed by atoms with Gasteiger partial charge in [-0.05, 0) is 18.9 Å². The van der Waals surface area contributed by atoms with E-state index >= 15 is 0 Å². The van der Waals surface area contributed by atoms with E-state index in [-0.39, 0.29) is 12.0 Å². The van der Waals surface area contributed by atoms with Gasteiger partial charge >= 0.3 is 5.97 Å². The van der Waals surface area contributed by atoms with Gasteiger partial charge in [0.2, 0.25) is 0 Å². The van der Waals surface area contributed by atoms with Gasteiger partial charge in [-0.3, -0.25) is 14.8 Å². The molecule has 0 amide bonds. The van der Waals surface area contributed by atoms with Crippen molar-refractivity contribution in [2.75, 3.05) is 5.32 Å². The molecule has 0 radical (unpaired) electrons. The number of nitrogens with one attached hydrogen (secondary N) is 1. The summed E-state index contributed by atoms with van der Waals surface area (Å²) in [5, 5.41) is 14.8. The van der Waals surface area contributed by atoms with Crippen LogP contribution in [0.25, 0.3) is 21.2 Å². The Kier molecular flexibility index (Phi) is 3.46. The van der Waals surface area contributed by atoms with E-state index in [0.29, 0.717) is 12.8 Å². The maximum absolute atomic E-state index is 11.0. The molecule has 0 unspecified atom stereocenters. The highest BCUT2D eigenvalue weighted by Gasteiger charge is 2.34. The molecule has 2 aromatic heterocycles. The van der Waals surface area contributed by atoms with Crippen molar-refractivity contribution in [3.05, 3.63) is 42.3 Å². The zero-order valence-corrected chi connectivity index (χ0v) is 13.1. The molecule has 3 aromatic rings. The van der Waals surface area contributed by atoms with Crippen molar-refractivity contribution >= 4 is 33.8 Å². The number of hydrogen-bond acceptors (Lipinski definition) is 5. The van der Waals surface area contributed by atoms with Gasteiger partial charge in [0.25, 0.3) is 0 Å². The number of carboxylic acids is 1. The molecule has 1 aromatic carbocycles. The van der Waals surface area contributed by atoms with Crippen molar-refractivity contribution in [3.8, 4) is 10.4 Å². The summed E-state index contributed by atoms with van der Waals surface area (Å²) in [5.41, 5.74) is 3.97. The molecule has 0 saturated heterocycles.